The van der Waals surface area contributed by atoms with Gasteiger partial charge in [0, 0.05) is 19.0 Å². The lowest BCUT2D eigenvalue weighted by atomic mass is 10.1. The van der Waals surface area contributed by atoms with E-state index >= 15 is 0 Å². The Hall–Kier alpha value is -1.87. The second kappa shape index (κ2) is 5.63. The molecule has 0 aromatic heterocycles. The van der Waals surface area contributed by atoms with Gasteiger partial charge in [-0.1, -0.05) is 54.7 Å². The minimum absolute atomic E-state index is 0.388. The highest BCUT2D eigenvalue weighted by atomic mass is 32.1. The summed E-state index contributed by atoms with van der Waals surface area (Å²) in [7, 11) is 0. The fourth-order valence-corrected chi connectivity index (χ4v) is 3.02. The minimum atomic E-state index is 0.388. The summed E-state index contributed by atoms with van der Waals surface area (Å²) in [6, 6.07) is 19.4. The van der Waals surface area contributed by atoms with Crippen LogP contribution in [0.1, 0.15) is 18.9 Å². The Kier molecular flexibility index (Phi) is 3.70. The molecule has 3 rings (SSSR count). The number of anilines is 2. The average molecular weight is 282 g/mol. The van der Waals surface area contributed by atoms with Crippen molar-refractivity contribution in [3.8, 4) is 0 Å². The topological polar surface area (TPSA) is 15.3 Å². The maximum atomic E-state index is 5.43. The van der Waals surface area contributed by atoms with Crippen LogP contribution < -0.4 is 10.2 Å². The molecule has 2 aromatic carbocycles. The van der Waals surface area contributed by atoms with Gasteiger partial charge in [0.1, 0.15) is 0 Å². The SMILES string of the molecule is C[C@@H]1CC(=S)Nc2ccccc2N1Cc1ccccc1. The molecule has 0 spiro atoms. The lowest BCUT2D eigenvalue weighted by Gasteiger charge is -2.30. The molecular weight excluding hydrogens is 264 g/mol. The molecule has 0 amide bonds. The summed E-state index contributed by atoms with van der Waals surface area (Å²) in [5, 5.41) is 3.36. The van der Waals surface area contributed by atoms with Crippen molar-refractivity contribution in [1.29, 1.82) is 0 Å². The van der Waals surface area contributed by atoms with Gasteiger partial charge in [0.05, 0.1) is 16.4 Å². The molecule has 0 unspecified atom stereocenters. The molecule has 3 heteroatoms. The van der Waals surface area contributed by atoms with E-state index in [-0.39, 0.29) is 0 Å². The predicted octanol–water partition coefficient (Wildman–Crippen LogP) is 4.22. The average Bonchev–Trinajstić information content (AvgIpc) is 2.57. The Morgan fingerprint density at radius 3 is 2.60 bits per heavy atom. The van der Waals surface area contributed by atoms with E-state index in [9.17, 15) is 0 Å². The zero-order valence-corrected chi connectivity index (χ0v) is 12.4. The highest BCUT2D eigenvalue weighted by molar-refractivity contribution is 7.80. The van der Waals surface area contributed by atoms with Gasteiger partial charge in [-0.3, -0.25) is 0 Å². The van der Waals surface area contributed by atoms with Gasteiger partial charge >= 0.3 is 0 Å². The maximum absolute atomic E-state index is 5.43. The Labute approximate surface area is 125 Å². The molecular formula is C17H18N2S. The van der Waals surface area contributed by atoms with Crippen LogP contribution in [-0.4, -0.2) is 11.0 Å². The first-order valence-corrected chi connectivity index (χ1v) is 7.34. The molecule has 2 nitrogen and oxygen atoms in total. The summed E-state index contributed by atoms with van der Waals surface area (Å²) in [6.45, 7) is 3.14. The summed E-state index contributed by atoms with van der Waals surface area (Å²) >= 11 is 5.43. The van der Waals surface area contributed by atoms with Crippen molar-refractivity contribution in [2.75, 3.05) is 10.2 Å². The molecule has 102 valence electrons. The number of rotatable bonds is 2. The van der Waals surface area contributed by atoms with Gasteiger partial charge in [0.15, 0.2) is 0 Å². The van der Waals surface area contributed by atoms with Gasteiger partial charge in [-0.25, -0.2) is 0 Å². The molecule has 1 aliphatic heterocycles. The van der Waals surface area contributed by atoms with Gasteiger partial charge < -0.3 is 10.2 Å². The molecule has 20 heavy (non-hydrogen) atoms. The molecule has 0 radical (unpaired) electrons. The summed E-state index contributed by atoms with van der Waals surface area (Å²) in [5.74, 6) is 0. The first-order valence-electron chi connectivity index (χ1n) is 6.93. The van der Waals surface area contributed by atoms with E-state index < -0.39 is 0 Å². The highest BCUT2D eigenvalue weighted by Crippen LogP contribution is 2.32. The number of nitrogens with zero attached hydrogens (tertiary/aromatic N) is 1. The lowest BCUT2D eigenvalue weighted by Crippen LogP contribution is -2.32. The summed E-state index contributed by atoms with van der Waals surface area (Å²) in [4.78, 5) is 3.34. The minimum Gasteiger partial charge on any atom is -0.362 e. The van der Waals surface area contributed by atoms with Crippen LogP contribution in [0.4, 0.5) is 11.4 Å². The van der Waals surface area contributed by atoms with Crippen LogP contribution in [0.5, 0.6) is 0 Å². The van der Waals surface area contributed by atoms with Crippen LogP contribution in [0.3, 0.4) is 0 Å². The third-order valence-corrected chi connectivity index (χ3v) is 3.96. The number of hydrogen-bond donors (Lipinski definition) is 1. The van der Waals surface area contributed by atoms with Crippen molar-refractivity contribution < 1.29 is 0 Å². The van der Waals surface area contributed by atoms with Gasteiger partial charge in [-0.15, -0.1) is 0 Å². The Morgan fingerprint density at radius 1 is 1.10 bits per heavy atom. The van der Waals surface area contributed by atoms with E-state index in [4.69, 9.17) is 12.2 Å². The van der Waals surface area contributed by atoms with Crippen LogP contribution in [0.2, 0.25) is 0 Å². The zero-order chi connectivity index (χ0) is 13.9. The summed E-state index contributed by atoms with van der Waals surface area (Å²) in [5.41, 5.74) is 3.66. The molecule has 0 bridgehead atoms. The molecule has 2 aromatic rings. The molecule has 0 saturated carbocycles. The molecule has 1 atom stereocenters. The first-order chi connectivity index (χ1) is 9.74. The second-order valence-corrected chi connectivity index (χ2v) is 5.72. The van der Waals surface area contributed by atoms with Gasteiger partial charge in [-0.05, 0) is 24.6 Å². The third-order valence-electron chi connectivity index (χ3n) is 3.70. The van der Waals surface area contributed by atoms with E-state index in [1.807, 2.05) is 6.07 Å². The monoisotopic (exact) mass is 282 g/mol. The zero-order valence-electron chi connectivity index (χ0n) is 11.5. The smallest absolute Gasteiger partial charge is 0.0818 e. The van der Waals surface area contributed by atoms with Crippen LogP contribution in [-0.2, 0) is 6.54 Å². The number of fused-ring (bicyclic) bond motifs is 1. The normalized spacial score (nSPS) is 18.1. The fourth-order valence-electron chi connectivity index (χ4n) is 2.67. The third kappa shape index (κ3) is 2.68. The number of thiocarbonyl (C=S) groups is 1. The van der Waals surface area contributed by atoms with E-state index in [1.54, 1.807) is 0 Å². The predicted molar refractivity (Wildman–Crippen MR) is 89.4 cm³/mol. The standard InChI is InChI=1S/C17H18N2S/c1-13-11-17(20)18-15-9-5-6-10-16(15)19(13)12-14-7-3-2-4-8-14/h2-10,13H,11-12H2,1H3,(H,18,20)/t13-/m1/s1. The van der Waals surface area contributed by atoms with Crippen molar-refractivity contribution in [3.05, 3.63) is 60.2 Å². The maximum Gasteiger partial charge on any atom is 0.0818 e. The molecule has 0 saturated heterocycles. The molecule has 1 aliphatic rings. The quantitative estimate of drug-likeness (QED) is 0.830. The molecule has 1 heterocycles. The first kappa shape index (κ1) is 13.1. The van der Waals surface area contributed by atoms with Crippen molar-refractivity contribution >= 4 is 28.6 Å². The summed E-state index contributed by atoms with van der Waals surface area (Å²) < 4.78 is 0. The highest BCUT2D eigenvalue weighted by Gasteiger charge is 2.23. The Morgan fingerprint density at radius 2 is 1.80 bits per heavy atom. The van der Waals surface area contributed by atoms with E-state index in [2.05, 4.69) is 65.7 Å². The Bertz CT molecular complexity index is 609. The Balaban J connectivity index is 1.97. The number of nitrogens with one attached hydrogen (secondary N) is 1. The van der Waals surface area contributed by atoms with Crippen molar-refractivity contribution in [3.63, 3.8) is 0 Å². The number of para-hydroxylation sites is 2. The van der Waals surface area contributed by atoms with Gasteiger partial charge in [0.25, 0.3) is 0 Å². The van der Waals surface area contributed by atoms with Crippen molar-refractivity contribution in [2.45, 2.75) is 25.9 Å². The van der Waals surface area contributed by atoms with E-state index in [1.165, 1.54) is 11.3 Å². The van der Waals surface area contributed by atoms with Gasteiger partial charge in [-0.2, -0.15) is 0 Å². The molecule has 0 aliphatic carbocycles. The molecule has 1 N–H and O–H groups in total. The number of hydrogen-bond acceptors (Lipinski definition) is 2. The fraction of sp³-hybridized carbons (Fsp3) is 0.235. The summed E-state index contributed by atoms with van der Waals surface area (Å²) in [6.07, 6.45) is 0.886. The second-order valence-electron chi connectivity index (χ2n) is 5.23. The van der Waals surface area contributed by atoms with Crippen LogP contribution in [0, 0.1) is 0 Å². The van der Waals surface area contributed by atoms with E-state index in [0.717, 1.165) is 23.6 Å². The van der Waals surface area contributed by atoms with Crippen molar-refractivity contribution in [1.82, 2.24) is 0 Å². The van der Waals surface area contributed by atoms with Crippen LogP contribution in [0.25, 0.3) is 0 Å². The molecule has 0 fully saturated rings. The van der Waals surface area contributed by atoms with Crippen LogP contribution in [0.15, 0.2) is 54.6 Å². The van der Waals surface area contributed by atoms with Crippen LogP contribution >= 0.6 is 12.2 Å². The van der Waals surface area contributed by atoms with E-state index in [0.29, 0.717) is 6.04 Å². The largest absolute Gasteiger partial charge is 0.362 e. The number of benzene rings is 2. The van der Waals surface area contributed by atoms with Gasteiger partial charge in [0.2, 0.25) is 0 Å². The lowest BCUT2D eigenvalue weighted by molar-refractivity contribution is 0.659. The van der Waals surface area contributed by atoms with Crippen molar-refractivity contribution in [2.24, 2.45) is 0 Å².